The summed E-state index contributed by atoms with van der Waals surface area (Å²) in [4.78, 5) is 14.9. The number of hydrogen-bond donors (Lipinski definition) is 1. The second-order valence-electron chi connectivity index (χ2n) is 3.81. The van der Waals surface area contributed by atoms with Crippen LogP contribution in [-0.2, 0) is 16.2 Å². The minimum atomic E-state index is -4.81. The molecule has 0 saturated carbocycles. The van der Waals surface area contributed by atoms with Gasteiger partial charge in [0, 0.05) is 17.8 Å². The molecular formula is C11H7F3N2O3S2. The van der Waals surface area contributed by atoms with E-state index in [4.69, 9.17) is 0 Å². The standard InChI is InChI=1S/C11H7F3N2O3S2/c12-11(13,14)9-5-15-3-1-8(9)10(17)16-21(18,19)7-2-4-20-6-7/h1-6H,(H,16,17). The number of pyridine rings is 1. The number of nitrogens with zero attached hydrogens (tertiary/aromatic N) is 1. The molecule has 10 heteroatoms. The van der Waals surface area contributed by atoms with Crippen molar-refractivity contribution in [2.75, 3.05) is 0 Å². The van der Waals surface area contributed by atoms with Gasteiger partial charge in [-0.15, -0.1) is 0 Å². The minimum absolute atomic E-state index is 0.191. The molecule has 1 N–H and O–H groups in total. The Balaban J connectivity index is 2.35. The molecule has 112 valence electrons. The van der Waals surface area contributed by atoms with Gasteiger partial charge in [0.15, 0.2) is 0 Å². The van der Waals surface area contributed by atoms with Crippen LogP contribution in [0.2, 0.25) is 0 Å². The predicted octanol–water partition coefficient (Wildman–Crippen LogP) is 2.28. The molecule has 0 bridgehead atoms. The van der Waals surface area contributed by atoms with Crippen LogP contribution in [0.4, 0.5) is 13.2 Å². The summed E-state index contributed by atoms with van der Waals surface area (Å²) in [6.45, 7) is 0. The lowest BCUT2D eigenvalue weighted by Gasteiger charge is -2.11. The lowest BCUT2D eigenvalue weighted by Crippen LogP contribution is -2.32. The van der Waals surface area contributed by atoms with Crippen molar-refractivity contribution in [2.24, 2.45) is 0 Å². The quantitative estimate of drug-likeness (QED) is 0.933. The molecule has 0 atom stereocenters. The van der Waals surface area contributed by atoms with Crippen molar-refractivity contribution >= 4 is 27.3 Å². The number of nitrogens with one attached hydrogen (secondary N) is 1. The highest BCUT2D eigenvalue weighted by Gasteiger charge is 2.36. The van der Waals surface area contributed by atoms with Gasteiger partial charge in [-0.3, -0.25) is 9.78 Å². The Morgan fingerprint density at radius 1 is 1.29 bits per heavy atom. The third-order valence-electron chi connectivity index (χ3n) is 2.40. The first-order valence-electron chi connectivity index (χ1n) is 5.32. The number of thiophene rings is 1. The molecule has 2 rings (SSSR count). The van der Waals surface area contributed by atoms with E-state index in [1.165, 1.54) is 16.8 Å². The topological polar surface area (TPSA) is 76.1 Å². The Hall–Kier alpha value is -1.94. The average Bonchev–Trinajstić information content (AvgIpc) is 2.92. The fraction of sp³-hybridized carbons (Fsp3) is 0.0909. The van der Waals surface area contributed by atoms with Gasteiger partial charge in [0.1, 0.15) is 0 Å². The van der Waals surface area contributed by atoms with Gasteiger partial charge in [-0.2, -0.15) is 24.5 Å². The van der Waals surface area contributed by atoms with Gasteiger partial charge in [0.25, 0.3) is 15.9 Å². The van der Waals surface area contributed by atoms with Crippen molar-refractivity contribution < 1.29 is 26.4 Å². The summed E-state index contributed by atoms with van der Waals surface area (Å²) in [5, 5.41) is 2.72. The predicted molar refractivity (Wildman–Crippen MR) is 68.2 cm³/mol. The summed E-state index contributed by atoms with van der Waals surface area (Å²) in [6.07, 6.45) is -3.37. The Kier molecular flexibility index (Phi) is 4.01. The maximum absolute atomic E-state index is 12.7. The molecule has 2 aromatic heterocycles. The molecule has 2 aromatic rings. The van der Waals surface area contributed by atoms with Gasteiger partial charge in [-0.1, -0.05) is 0 Å². The molecular weight excluding hydrogens is 329 g/mol. The molecule has 2 heterocycles. The van der Waals surface area contributed by atoms with Crippen LogP contribution in [-0.4, -0.2) is 19.3 Å². The van der Waals surface area contributed by atoms with Gasteiger partial charge in [0.05, 0.1) is 16.0 Å². The Morgan fingerprint density at radius 2 is 2.00 bits per heavy atom. The SMILES string of the molecule is O=C(NS(=O)(=O)c1ccsc1)c1ccncc1C(F)(F)F. The van der Waals surface area contributed by atoms with Crippen LogP contribution in [0.3, 0.4) is 0 Å². The van der Waals surface area contributed by atoms with E-state index in [1.807, 2.05) is 0 Å². The maximum atomic E-state index is 12.7. The van der Waals surface area contributed by atoms with Crippen molar-refractivity contribution in [1.29, 1.82) is 0 Å². The monoisotopic (exact) mass is 336 g/mol. The summed E-state index contributed by atoms with van der Waals surface area (Å²) < 4.78 is 63.5. The number of sulfonamides is 1. The first-order valence-corrected chi connectivity index (χ1v) is 7.75. The number of carbonyl (C=O) groups excluding carboxylic acids is 1. The van der Waals surface area contributed by atoms with Crippen molar-refractivity contribution in [3.05, 3.63) is 46.4 Å². The van der Waals surface area contributed by atoms with E-state index in [2.05, 4.69) is 4.98 Å². The number of halogens is 3. The number of amides is 1. The van der Waals surface area contributed by atoms with Crippen LogP contribution in [0, 0.1) is 0 Å². The Labute approximate surface area is 121 Å². The lowest BCUT2D eigenvalue weighted by molar-refractivity contribution is -0.138. The highest BCUT2D eigenvalue weighted by atomic mass is 32.2. The van der Waals surface area contributed by atoms with E-state index in [1.54, 1.807) is 4.72 Å². The van der Waals surface area contributed by atoms with Gasteiger partial charge in [-0.05, 0) is 17.5 Å². The molecule has 0 radical (unpaired) electrons. The summed E-state index contributed by atoms with van der Waals surface area (Å²) in [5.41, 5.74) is -2.11. The van der Waals surface area contributed by atoms with Crippen LogP contribution in [0.1, 0.15) is 15.9 Å². The first-order chi connectivity index (χ1) is 9.72. The van der Waals surface area contributed by atoms with E-state index >= 15 is 0 Å². The molecule has 1 amide bonds. The van der Waals surface area contributed by atoms with Crippen molar-refractivity contribution in [3.8, 4) is 0 Å². The number of alkyl halides is 3. The highest BCUT2D eigenvalue weighted by Crippen LogP contribution is 2.31. The summed E-state index contributed by atoms with van der Waals surface area (Å²) in [5.74, 6) is -1.36. The number of hydrogen-bond acceptors (Lipinski definition) is 5. The zero-order valence-electron chi connectivity index (χ0n) is 10.1. The summed E-state index contributed by atoms with van der Waals surface area (Å²) in [7, 11) is -4.20. The lowest BCUT2D eigenvalue weighted by atomic mass is 10.1. The third-order valence-corrected chi connectivity index (χ3v) is 4.56. The fourth-order valence-electron chi connectivity index (χ4n) is 1.46. The molecule has 5 nitrogen and oxygen atoms in total. The van der Waals surface area contributed by atoms with Crippen LogP contribution >= 0.6 is 11.3 Å². The van der Waals surface area contributed by atoms with E-state index in [0.717, 1.165) is 23.6 Å². The molecule has 0 unspecified atom stereocenters. The maximum Gasteiger partial charge on any atom is 0.418 e. The van der Waals surface area contributed by atoms with Crippen molar-refractivity contribution in [3.63, 3.8) is 0 Å². The first kappa shape index (κ1) is 15.4. The number of rotatable bonds is 3. The minimum Gasteiger partial charge on any atom is -0.268 e. The second-order valence-corrected chi connectivity index (χ2v) is 6.28. The van der Waals surface area contributed by atoms with Gasteiger partial charge >= 0.3 is 6.18 Å². The van der Waals surface area contributed by atoms with E-state index in [-0.39, 0.29) is 4.90 Å². The fourth-order valence-corrected chi connectivity index (χ4v) is 3.45. The van der Waals surface area contributed by atoms with Crippen LogP contribution in [0.5, 0.6) is 0 Å². The summed E-state index contributed by atoms with van der Waals surface area (Å²) >= 11 is 1.08. The molecule has 0 aliphatic rings. The molecule has 0 aliphatic carbocycles. The molecule has 0 fully saturated rings. The number of aromatic nitrogens is 1. The third kappa shape index (κ3) is 3.39. The Bertz CT molecular complexity index is 755. The van der Waals surface area contributed by atoms with Gasteiger partial charge in [-0.25, -0.2) is 13.1 Å². The van der Waals surface area contributed by atoms with E-state index in [9.17, 15) is 26.4 Å². The summed E-state index contributed by atoms with van der Waals surface area (Å²) in [6, 6.07) is 2.04. The Morgan fingerprint density at radius 3 is 2.57 bits per heavy atom. The smallest absolute Gasteiger partial charge is 0.268 e. The molecule has 0 saturated heterocycles. The van der Waals surface area contributed by atoms with Crippen LogP contribution in [0.25, 0.3) is 0 Å². The zero-order chi connectivity index (χ0) is 15.7. The number of carbonyl (C=O) groups is 1. The molecule has 0 aliphatic heterocycles. The highest BCUT2D eigenvalue weighted by molar-refractivity contribution is 7.90. The average molecular weight is 336 g/mol. The molecule has 0 aromatic carbocycles. The van der Waals surface area contributed by atoms with Crippen LogP contribution in [0.15, 0.2) is 40.2 Å². The normalized spacial score (nSPS) is 12.1. The van der Waals surface area contributed by atoms with Crippen molar-refractivity contribution in [1.82, 2.24) is 9.71 Å². The van der Waals surface area contributed by atoms with E-state index in [0.29, 0.717) is 6.20 Å². The molecule has 0 spiro atoms. The largest absolute Gasteiger partial charge is 0.418 e. The second kappa shape index (κ2) is 5.45. The van der Waals surface area contributed by atoms with Gasteiger partial charge < -0.3 is 0 Å². The molecule has 21 heavy (non-hydrogen) atoms. The van der Waals surface area contributed by atoms with Crippen molar-refractivity contribution in [2.45, 2.75) is 11.1 Å². The zero-order valence-corrected chi connectivity index (χ0v) is 11.7. The van der Waals surface area contributed by atoms with Crippen LogP contribution < -0.4 is 4.72 Å². The van der Waals surface area contributed by atoms with E-state index < -0.39 is 33.2 Å². The van der Waals surface area contributed by atoms with Gasteiger partial charge in [0.2, 0.25) is 0 Å².